The summed E-state index contributed by atoms with van der Waals surface area (Å²) in [5.74, 6) is 0.643. The lowest BCUT2D eigenvalue weighted by Crippen LogP contribution is -2.52. The van der Waals surface area contributed by atoms with E-state index < -0.39 is 0 Å². The molecule has 0 saturated carbocycles. The van der Waals surface area contributed by atoms with E-state index in [1.165, 1.54) is 13.1 Å². The number of nitrogens with one attached hydrogen (secondary N) is 1. The molecule has 2 heterocycles. The van der Waals surface area contributed by atoms with Crippen molar-refractivity contribution in [3.05, 3.63) is 5.01 Å². The minimum absolute atomic E-state index is 0.568. The van der Waals surface area contributed by atoms with Gasteiger partial charge in [-0.25, -0.2) is 0 Å². The second-order valence-electron chi connectivity index (χ2n) is 5.66. The van der Waals surface area contributed by atoms with E-state index in [1.807, 2.05) is 6.92 Å². The minimum Gasteiger partial charge on any atom is -0.358 e. The monoisotopic (exact) mass is 283 g/mol. The van der Waals surface area contributed by atoms with Crippen LogP contribution in [0.25, 0.3) is 0 Å². The number of aryl methyl sites for hydroxylation is 1. The highest BCUT2D eigenvalue weighted by atomic mass is 32.1. The van der Waals surface area contributed by atoms with Crippen LogP contribution in [-0.2, 0) is 0 Å². The molecule has 1 aromatic heterocycles. The standard InChI is InChI=1S/C13H25N5S/c1-10(2)12(18-7-5-17(4)6-8-18)9-14-13-16-15-11(3)19-13/h10,12H,5-9H2,1-4H3,(H,14,16). The number of anilines is 1. The Labute approximate surface area is 120 Å². The van der Waals surface area contributed by atoms with Gasteiger partial charge in [0.2, 0.25) is 5.13 Å². The molecule has 1 saturated heterocycles. The molecular formula is C13H25N5S. The van der Waals surface area contributed by atoms with Crippen molar-refractivity contribution in [2.45, 2.75) is 26.8 Å². The van der Waals surface area contributed by atoms with Crippen molar-refractivity contribution < 1.29 is 0 Å². The van der Waals surface area contributed by atoms with Crippen LogP contribution in [0.1, 0.15) is 18.9 Å². The smallest absolute Gasteiger partial charge is 0.205 e. The molecule has 1 atom stereocenters. The Kier molecular flexibility index (Phi) is 5.13. The number of aromatic nitrogens is 2. The van der Waals surface area contributed by atoms with Gasteiger partial charge < -0.3 is 10.2 Å². The molecule has 1 fully saturated rings. The Bertz CT molecular complexity index is 384. The molecule has 0 aliphatic carbocycles. The van der Waals surface area contributed by atoms with E-state index in [0.29, 0.717) is 12.0 Å². The van der Waals surface area contributed by atoms with Gasteiger partial charge in [-0.05, 0) is 19.9 Å². The van der Waals surface area contributed by atoms with E-state index in [1.54, 1.807) is 11.3 Å². The molecule has 0 spiro atoms. The summed E-state index contributed by atoms with van der Waals surface area (Å²) in [5.41, 5.74) is 0. The normalized spacial score (nSPS) is 19.8. The number of nitrogens with zero attached hydrogens (tertiary/aromatic N) is 4. The third-order valence-electron chi connectivity index (χ3n) is 3.76. The van der Waals surface area contributed by atoms with Gasteiger partial charge in [0.1, 0.15) is 5.01 Å². The molecule has 0 bridgehead atoms. The zero-order chi connectivity index (χ0) is 13.8. The maximum atomic E-state index is 4.13. The highest BCUT2D eigenvalue weighted by Gasteiger charge is 2.24. The third-order valence-corrected chi connectivity index (χ3v) is 4.56. The summed E-state index contributed by atoms with van der Waals surface area (Å²) in [6.45, 7) is 12.2. The number of rotatable bonds is 5. The first-order chi connectivity index (χ1) is 9.06. The van der Waals surface area contributed by atoms with Crippen molar-refractivity contribution in [2.24, 2.45) is 5.92 Å². The molecule has 0 aromatic carbocycles. The summed E-state index contributed by atoms with van der Waals surface area (Å²) in [5, 5.41) is 13.6. The predicted octanol–water partition coefficient (Wildman–Crippen LogP) is 1.53. The molecular weight excluding hydrogens is 258 g/mol. The number of piperazine rings is 1. The van der Waals surface area contributed by atoms with Gasteiger partial charge in [-0.3, -0.25) is 4.90 Å². The lowest BCUT2D eigenvalue weighted by atomic mass is 10.0. The molecule has 1 aliphatic heterocycles. The predicted molar refractivity (Wildman–Crippen MR) is 80.8 cm³/mol. The fourth-order valence-corrected chi connectivity index (χ4v) is 3.10. The lowest BCUT2D eigenvalue weighted by Gasteiger charge is -2.39. The number of hydrogen-bond donors (Lipinski definition) is 1. The Morgan fingerprint density at radius 3 is 2.42 bits per heavy atom. The van der Waals surface area contributed by atoms with E-state index in [0.717, 1.165) is 29.8 Å². The summed E-state index contributed by atoms with van der Waals surface area (Å²) in [7, 11) is 2.20. The van der Waals surface area contributed by atoms with E-state index in [9.17, 15) is 0 Å². The van der Waals surface area contributed by atoms with Crippen LogP contribution in [0.15, 0.2) is 0 Å². The maximum Gasteiger partial charge on any atom is 0.205 e. The van der Waals surface area contributed by atoms with Crippen LogP contribution in [0.5, 0.6) is 0 Å². The first-order valence-corrected chi connectivity index (χ1v) is 7.84. The van der Waals surface area contributed by atoms with Crippen LogP contribution < -0.4 is 5.32 Å². The van der Waals surface area contributed by atoms with Crippen LogP contribution in [0.4, 0.5) is 5.13 Å². The summed E-state index contributed by atoms with van der Waals surface area (Å²) in [6, 6.07) is 0.568. The van der Waals surface area contributed by atoms with Gasteiger partial charge >= 0.3 is 0 Å². The van der Waals surface area contributed by atoms with Gasteiger partial charge in [-0.1, -0.05) is 25.2 Å². The zero-order valence-corrected chi connectivity index (χ0v) is 13.2. The van der Waals surface area contributed by atoms with Crippen molar-refractivity contribution in [3.8, 4) is 0 Å². The van der Waals surface area contributed by atoms with Crippen molar-refractivity contribution in [3.63, 3.8) is 0 Å². The zero-order valence-electron chi connectivity index (χ0n) is 12.4. The second-order valence-corrected chi connectivity index (χ2v) is 6.84. The first kappa shape index (κ1) is 14.7. The topological polar surface area (TPSA) is 44.3 Å². The van der Waals surface area contributed by atoms with Crippen LogP contribution in [0.2, 0.25) is 0 Å². The summed E-state index contributed by atoms with van der Waals surface area (Å²) < 4.78 is 0. The molecule has 0 amide bonds. The fraction of sp³-hybridized carbons (Fsp3) is 0.846. The number of likely N-dealkylation sites (N-methyl/N-ethyl adjacent to an activating group) is 1. The summed E-state index contributed by atoms with van der Waals surface area (Å²) in [6.07, 6.45) is 0. The van der Waals surface area contributed by atoms with Crippen molar-refractivity contribution in [2.75, 3.05) is 45.1 Å². The van der Waals surface area contributed by atoms with Gasteiger partial charge in [0.05, 0.1) is 0 Å². The van der Waals surface area contributed by atoms with Crippen molar-refractivity contribution in [1.82, 2.24) is 20.0 Å². The average molecular weight is 283 g/mol. The Morgan fingerprint density at radius 2 is 1.89 bits per heavy atom. The first-order valence-electron chi connectivity index (χ1n) is 7.03. The van der Waals surface area contributed by atoms with Crippen molar-refractivity contribution in [1.29, 1.82) is 0 Å². The minimum atomic E-state index is 0.568. The second kappa shape index (κ2) is 6.63. The Balaban J connectivity index is 1.89. The largest absolute Gasteiger partial charge is 0.358 e. The molecule has 1 aliphatic rings. The van der Waals surface area contributed by atoms with Crippen LogP contribution in [-0.4, -0.2) is 65.8 Å². The van der Waals surface area contributed by atoms with E-state index in [2.05, 4.69) is 46.2 Å². The van der Waals surface area contributed by atoms with Crippen molar-refractivity contribution >= 4 is 16.5 Å². The molecule has 5 nitrogen and oxygen atoms in total. The molecule has 1 N–H and O–H groups in total. The van der Waals surface area contributed by atoms with Gasteiger partial charge in [0.25, 0.3) is 0 Å². The third kappa shape index (κ3) is 4.12. The molecule has 1 aromatic rings. The molecule has 108 valence electrons. The molecule has 2 rings (SSSR count). The molecule has 0 radical (unpaired) electrons. The van der Waals surface area contributed by atoms with Gasteiger partial charge in [-0.2, -0.15) is 0 Å². The average Bonchev–Trinajstić information content (AvgIpc) is 2.77. The van der Waals surface area contributed by atoms with Gasteiger partial charge in [-0.15, -0.1) is 10.2 Å². The van der Waals surface area contributed by atoms with E-state index in [-0.39, 0.29) is 0 Å². The lowest BCUT2D eigenvalue weighted by molar-refractivity contribution is 0.0944. The SMILES string of the molecule is Cc1nnc(NCC(C(C)C)N2CCN(C)CC2)s1. The van der Waals surface area contributed by atoms with Crippen LogP contribution in [0, 0.1) is 12.8 Å². The highest BCUT2D eigenvalue weighted by Crippen LogP contribution is 2.17. The number of hydrogen-bond acceptors (Lipinski definition) is 6. The van der Waals surface area contributed by atoms with Crippen LogP contribution in [0.3, 0.4) is 0 Å². The van der Waals surface area contributed by atoms with E-state index >= 15 is 0 Å². The Morgan fingerprint density at radius 1 is 1.21 bits per heavy atom. The Hall–Kier alpha value is -0.720. The maximum absolute atomic E-state index is 4.13. The summed E-state index contributed by atoms with van der Waals surface area (Å²) >= 11 is 1.63. The van der Waals surface area contributed by atoms with Gasteiger partial charge in [0, 0.05) is 38.8 Å². The summed E-state index contributed by atoms with van der Waals surface area (Å²) in [4.78, 5) is 5.00. The molecule has 19 heavy (non-hydrogen) atoms. The molecule has 6 heteroatoms. The molecule has 1 unspecified atom stereocenters. The van der Waals surface area contributed by atoms with E-state index in [4.69, 9.17) is 0 Å². The van der Waals surface area contributed by atoms with Crippen LogP contribution >= 0.6 is 11.3 Å². The quantitative estimate of drug-likeness (QED) is 0.888. The highest BCUT2D eigenvalue weighted by molar-refractivity contribution is 7.15. The van der Waals surface area contributed by atoms with Gasteiger partial charge in [0.15, 0.2) is 0 Å². The fourth-order valence-electron chi connectivity index (χ4n) is 2.50.